The van der Waals surface area contributed by atoms with Crippen LogP contribution in [0.2, 0.25) is 5.02 Å². The van der Waals surface area contributed by atoms with Crippen molar-refractivity contribution in [2.24, 2.45) is 0 Å². The number of nitrogens with one attached hydrogen (secondary N) is 2. The molecule has 0 atom stereocenters. The van der Waals surface area contributed by atoms with E-state index in [-0.39, 0.29) is 6.03 Å². The molecule has 0 fully saturated rings. The molecule has 2 N–H and O–H groups in total. The molecule has 6 heteroatoms. The van der Waals surface area contributed by atoms with E-state index in [4.69, 9.17) is 11.6 Å². The van der Waals surface area contributed by atoms with E-state index in [1.54, 1.807) is 11.3 Å². The first-order valence-electron chi connectivity index (χ1n) is 8.31. The second kappa shape index (κ2) is 8.34. The molecule has 3 rings (SSSR count). The average molecular weight is 386 g/mol. The largest absolute Gasteiger partial charge is 0.334 e. The van der Waals surface area contributed by atoms with Gasteiger partial charge in [0.2, 0.25) is 0 Å². The van der Waals surface area contributed by atoms with Crippen LogP contribution in [0.1, 0.15) is 21.7 Å². The molecule has 0 bridgehead atoms. The summed E-state index contributed by atoms with van der Waals surface area (Å²) < 4.78 is 0. The summed E-state index contributed by atoms with van der Waals surface area (Å²) in [6.07, 6.45) is 0. The van der Waals surface area contributed by atoms with E-state index >= 15 is 0 Å². The molecule has 0 aliphatic heterocycles. The Bertz CT molecular complexity index is 906. The van der Waals surface area contributed by atoms with Crippen LogP contribution in [-0.4, -0.2) is 11.0 Å². The van der Waals surface area contributed by atoms with Crippen molar-refractivity contribution in [1.29, 1.82) is 0 Å². The number of rotatable bonds is 5. The predicted molar refractivity (Wildman–Crippen MR) is 108 cm³/mol. The summed E-state index contributed by atoms with van der Waals surface area (Å²) in [4.78, 5) is 17.8. The Morgan fingerprint density at radius 2 is 1.73 bits per heavy atom. The van der Waals surface area contributed by atoms with Gasteiger partial charge in [-0.05, 0) is 37.1 Å². The van der Waals surface area contributed by atoms with Gasteiger partial charge in [-0.15, -0.1) is 11.3 Å². The Kier molecular flexibility index (Phi) is 5.91. The molecule has 0 radical (unpaired) electrons. The van der Waals surface area contributed by atoms with E-state index in [0.717, 1.165) is 26.7 Å². The van der Waals surface area contributed by atoms with Crippen LogP contribution < -0.4 is 10.6 Å². The zero-order chi connectivity index (χ0) is 18.5. The minimum Gasteiger partial charge on any atom is -0.334 e. The summed E-state index contributed by atoms with van der Waals surface area (Å²) in [5.74, 6) is 0. The fraction of sp³-hybridized carbons (Fsp3) is 0.200. The smallest absolute Gasteiger partial charge is 0.315 e. The van der Waals surface area contributed by atoms with Crippen LogP contribution in [0.4, 0.5) is 4.79 Å². The number of hydrogen-bond donors (Lipinski definition) is 2. The van der Waals surface area contributed by atoms with Gasteiger partial charge in [-0.1, -0.05) is 48.0 Å². The first-order valence-corrected chi connectivity index (χ1v) is 9.51. The van der Waals surface area contributed by atoms with Gasteiger partial charge in [-0.2, -0.15) is 0 Å². The van der Waals surface area contributed by atoms with Gasteiger partial charge in [-0.25, -0.2) is 9.78 Å². The van der Waals surface area contributed by atoms with Gasteiger partial charge < -0.3 is 10.6 Å². The minimum atomic E-state index is -0.204. The summed E-state index contributed by atoms with van der Waals surface area (Å²) in [5, 5.41) is 7.41. The Hall–Kier alpha value is -2.37. The Balaban J connectivity index is 1.57. The van der Waals surface area contributed by atoms with Gasteiger partial charge in [0.25, 0.3) is 0 Å². The lowest BCUT2D eigenvalue weighted by Gasteiger charge is -2.07. The number of halogens is 1. The van der Waals surface area contributed by atoms with Crippen molar-refractivity contribution in [2.75, 3.05) is 0 Å². The monoisotopic (exact) mass is 385 g/mol. The lowest BCUT2D eigenvalue weighted by Crippen LogP contribution is -2.34. The molecular weight excluding hydrogens is 366 g/mol. The first-order chi connectivity index (χ1) is 12.5. The molecule has 2 aromatic carbocycles. The van der Waals surface area contributed by atoms with Crippen LogP contribution in [-0.2, 0) is 13.1 Å². The maximum Gasteiger partial charge on any atom is 0.315 e. The zero-order valence-electron chi connectivity index (χ0n) is 14.7. The molecule has 3 aromatic rings. The highest BCUT2D eigenvalue weighted by atomic mass is 35.5. The number of carbonyl (C=O) groups is 1. The summed E-state index contributed by atoms with van der Waals surface area (Å²) in [7, 11) is 0. The average Bonchev–Trinajstić information content (AvgIpc) is 3.00. The number of amides is 2. The summed E-state index contributed by atoms with van der Waals surface area (Å²) in [6.45, 7) is 4.97. The van der Waals surface area contributed by atoms with Gasteiger partial charge >= 0.3 is 6.03 Å². The van der Waals surface area contributed by atoms with E-state index in [2.05, 4.69) is 34.7 Å². The van der Waals surface area contributed by atoms with Crippen LogP contribution in [0.3, 0.4) is 0 Å². The third kappa shape index (κ3) is 4.62. The number of nitrogens with zero attached hydrogens (tertiary/aromatic N) is 1. The third-order valence-electron chi connectivity index (χ3n) is 4.04. The number of urea groups is 1. The molecule has 1 aromatic heterocycles. The topological polar surface area (TPSA) is 54.0 Å². The van der Waals surface area contributed by atoms with Gasteiger partial charge in [0.15, 0.2) is 0 Å². The van der Waals surface area contributed by atoms with Crippen LogP contribution >= 0.6 is 22.9 Å². The minimum absolute atomic E-state index is 0.204. The van der Waals surface area contributed by atoms with E-state index in [1.165, 1.54) is 5.56 Å². The maximum absolute atomic E-state index is 12.0. The number of aryl methyl sites for hydroxylation is 2. The molecule has 0 unspecified atom stereocenters. The molecule has 0 spiro atoms. The van der Waals surface area contributed by atoms with Crippen molar-refractivity contribution in [3.05, 3.63) is 75.3 Å². The molecule has 1 heterocycles. The SMILES string of the molecule is Cc1ccccc1-c1nc(C)c(CNC(=O)NCc2ccc(Cl)cc2)s1. The molecular formula is C20H20ClN3OS. The molecule has 0 aliphatic rings. The van der Waals surface area contributed by atoms with Crippen molar-refractivity contribution in [2.45, 2.75) is 26.9 Å². The Morgan fingerprint density at radius 1 is 1.04 bits per heavy atom. The summed E-state index contributed by atoms with van der Waals surface area (Å²) in [6, 6.07) is 15.4. The highest BCUT2D eigenvalue weighted by Gasteiger charge is 2.12. The maximum atomic E-state index is 12.0. The number of benzene rings is 2. The second-order valence-electron chi connectivity index (χ2n) is 6.01. The molecule has 2 amide bonds. The number of hydrogen-bond acceptors (Lipinski definition) is 3. The molecule has 0 aliphatic carbocycles. The number of thiazole rings is 1. The lowest BCUT2D eigenvalue weighted by molar-refractivity contribution is 0.240. The standard InChI is InChI=1S/C20H20ClN3OS/c1-13-5-3-4-6-17(13)19-24-14(2)18(26-19)12-23-20(25)22-11-15-7-9-16(21)10-8-15/h3-10H,11-12H2,1-2H3,(H2,22,23,25). The van der Waals surface area contributed by atoms with Crippen LogP contribution in [0.25, 0.3) is 10.6 Å². The normalized spacial score (nSPS) is 10.6. The van der Waals surface area contributed by atoms with Crippen molar-refractivity contribution in [3.63, 3.8) is 0 Å². The summed E-state index contributed by atoms with van der Waals surface area (Å²) >= 11 is 7.47. The van der Waals surface area contributed by atoms with E-state index < -0.39 is 0 Å². The number of aromatic nitrogens is 1. The van der Waals surface area contributed by atoms with Crippen molar-refractivity contribution in [3.8, 4) is 10.6 Å². The molecule has 0 saturated carbocycles. The van der Waals surface area contributed by atoms with Crippen LogP contribution in [0.15, 0.2) is 48.5 Å². The van der Waals surface area contributed by atoms with E-state index in [9.17, 15) is 4.79 Å². The fourth-order valence-corrected chi connectivity index (χ4v) is 3.75. The highest BCUT2D eigenvalue weighted by molar-refractivity contribution is 7.15. The van der Waals surface area contributed by atoms with Gasteiger partial charge in [0, 0.05) is 22.0 Å². The molecule has 4 nitrogen and oxygen atoms in total. The van der Waals surface area contributed by atoms with Crippen LogP contribution in [0.5, 0.6) is 0 Å². The molecule has 0 saturated heterocycles. The number of carbonyl (C=O) groups excluding carboxylic acids is 1. The van der Waals surface area contributed by atoms with Crippen molar-refractivity contribution < 1.29 is 4.79 Å². The first kappa shape index (κ1) is 18.4. The predicted octanol–water partition coefficient (Wildman–Crippen LogP) is 5.08. The third-order valence-corrected chi connectivity index (χ3v) is 5.49. The summed E-state index contributed by atoms with van der Waals surface area (Å²) in [5.41, 5.74) is 4.28. The molecule has 26 heavy (non-hydrogen) atoms. The second-order valence-corrected chi connectivity index (χ2v) is 7.53. The Morgan fingerprint density at radius 3 is 2.46 bits per heavy atom. The lowest BCUT2D eigenvalue weighted by atomic mass is 10.1. The Labute approximate surface area is 162 Å². The van der Waals surface area contributed by atoms with E-state index in [1.807, 2.05) is 43.3 Å². The van der Waals surface area contributed by atoms with Gasteiger partial charge in [0.05, 0.1) is 12.2 Å². The van der Waals surface area contributed by atoms with Gasteiger partial charge in [-0.3, -0.25) is 0 Å². The zero-order valence-corrected chi connectivity index (χ0v) is 16.2. The fourth-order valence-electron chi connectivity index (χ4n) is 2.53. The van der Waals surface area contributed by atoms with E-state index in [0.29, 0.717) is 18.1 Å². The molecule has 134 valence electrons. The van der Waals surface area contributed by atoms with Gasteiger partial charge in [0.1, 0.15) is 5.01 Å². The highest BCUT2D eigenvalue weighted by Crippen LogP contribution is 2.29. The van der Waals surface area contributed by atoms with Crippen molar-refractivity contribution >= 4 is 29.0 Å². The van der Waals surface area contributed by atoms with Crippen molar-refractivity contribution in [1.82, 2.24) is 15.6 Å². The van der Waals surface area contributed by atoms with Crippen LogP contribution in [0, 0.1) is 13.8 Å². The quantitative estimate of drug-likeness (QED) is 0.643.